The van der Waals surface area contributed by atoms with E-state index in [1.54, 1.807) is 0 Å². The number of hydrogen-bond donors (Lipinski definition) is 2. The first-order valence-corrected chi connectivity index (χ1v) is 11.2. The number of primary amides is 1. The van der Waals surface area contributed by atoms with E-state index in [9.17, 15) is 4.79 Å². The van der Waals surface area contributed by atoms with Gasteiger partial charge in [-0.15, -0.1) is 0 Å². The van der Waals surface area contributed by atoms with E-state index in [1.807, 2.05) is 54.7 Å². The molecule has 32 heavy (non-hydrogen) atoms. The second-order valence-electron chi connectivity index (χ2n) is 8.44. The van der Waals surface area contributed by atoms with Crippen LogP contribution < -0.4 is 5.73 Å². The van der Waals surface area contributed by atoms with Crippen molar-refractivity contribution >= 4 is 16.9 Å². The van der Waals surface area contributed by atoms with E-state index < -0.39 is 5.91 Å². The lowest BCUT2D eigenvalue weighted by Crippen LogP contribution is -2.33. The smallest absolute Gasteiger partial charge is 0.248 e. The Morgan fingerprint density at radius 3 is 2.75 bits per heavy atom. The number of imidazole rings is 1. The first kappa shape index (κ1) is 20.4. The number of aromatic amines is 1. The number of carbonyl (C=O) groups excluding carboxylic acids is 1. The molecule has 1 aliphatic rings. The SMILES string of the molecule is NC(=O)c1ccc(CN(CCc2nc3ccccc3[nH]2)C2CCCc3cccnc32)cc1. The Hall–Kier alpha value is -3.51. The van der Waals surface area contributed by atoms with Crippen LogP contribution in [-0.4, -0.2) is 32.3 Å². The molecule has 4 aromatic rings. The number of hydrogen-bond acceptors (Lipinski definition) is 4. The molecular weight excluding hydrogens is 398 g/mol. The van der Waals surface area contributed by atoms with Gasteiger partial charge < -0.3 is 10.7 Å². The number of aryl methyl sites for hydroxylation is 1. The van der Waals surface area contributed by atoms with Gasteiger partial charge in [0.2, 0.25) is 5.91 Å². The molecule has 1 atom stereocenters. The summed E-state index contributed by atoms with van der Waals surface area (Å²) in [5.41, 5.74) is 11.7. The van der Waals surface area contributed by atoms with Gasteiger partial charge in [0.25, 0.3) is 0 Å². The summed E-state index contributed by atoms with van der Waals surface area (Å²) < 4.78 is 0. The van der Waals surface area contributed by atoms with Crippen molar-refractivity contribution < 1.29 is 4.79 Å². The zero-order valence-corrected chi connectivity index (χ0v) is 18.0. The molecule has 1 aliphatic carbocycles. The molecule has 5 rings (SSSR count). The third-order valence-corrected chi connectivity index (χ3v) is 6.30. The van der Waals surface area contributed by atoms with Crippen LogP contribution in [0.1, 0.15) is 51.9 Å². The fourth-order valence-electron chi connectivity index (χ4n) is 4.67. The van der Waals surface area contributed by atoms with Gasteiger partial charge >= 0.3 is 0 Å². The minimum atomic E-state index is -0.399. The van der Waals surface area contributed by atoms with E-state index in [0.717, 1.165) is 61.2 Å². The molecule has 2 heterocycles. The highest BCUT2D eigenvalue weighted by Crippen LogP contribution is 2.34. The van der Waals surface area contributed by atoms with Gasteiger partial charge in [-0.25, -0.2) is 4.98 Å². The van der Waals surface area contributed by atoms with E-state index in [1.165, 1.54) is 11.3 Å². The molecule has 3 N–H and O–H groups in total. The highest BCUT2D eigenvalue weighted by atomic mass is 16.1. The van der Waals surface area contributed by atoms with E-state index >= 15 is 0 Å². The highest BCUT2D eigenvalue weighted by Gasteiger charge is 2.27. The van der Waals surface area contributed by atoms with Crippen molar-refractivity contribution in [2.45, 2.75) is 38.3 Å². The van der Waals surface area contributed by atoms with Gasteiger partial charge in [0.15, 0.2) is 0 Å². The van der Waals surface area contributed by atoms with Crippen LogP contribution in [0.3, 0.4) is 0 Å². The predicted octanol–water partition coefficient (Wildman–Crippen LogP) is 4.18. The summed E-state index contributed by atoms with van der Waals surface area (Å²) in [4.78, 5) is 26.9. The van der Waals surface area contributed by atoms with E-state index in [4.69, 9.17) is 15.7 Å². The van der Waals surface area contributed by atoms with Crippen molar-refractivity contribution in [2.24, 2.45) is 5.73 Å². The largest absolute Gasteiger partial charge is 0.366 e. The van der Waals surface area contributed by atoms with Gasteiger partial charge in [-0.2, -0.15) is 0 Å². The maximum absolute atomic E-state index is 11.4. The Labute approximate surface area is 187 Å². The number of pyridine rings is 1. The zero-order valence-electron chi connectivity index (χ0n) is 18.0. The minimum Gasteiger partial charge on any atom is -0.366 e. The van der Waals surface area contributed by atoms with Crippen LogP contribution >= 0.6 is 0 Å². The number of nitrogens with one attached hydrogen (secondary N) is 1. The van der Waals surface area contributed by atoms with Crippen LogP contribution in [0.2, 0.25) is 0 Å². The number of nitrogens with two attached hydrogens (primary N) is 1. The minimum absolute atomic E-state index is 0.264. The molecule has 162 valence electrons. The van der Waals surface area contributed by atoms with Gasteiger partial charge in [0.05, 0.1) is 22.8 Å². The topological polar surface area (TPSA) is 87.9 Å². The maximum atomic E-state index is 11.4. The van der Waals surface area contributed by atoms with Crippen LogP contribution in [0.5, 0.6) is 0 Å². The number of benzene rings is 2. The van der Waals surface area contributed by atoms with Gasteiger partial charge in [-0.05, 0) is 60.7 Å². The molecule has 2 aromatic carbocycles. The van der Waals surface area contributed by atoms with Gasteiger partial charge in [0, 0.05) is 31.3 Å². The summed E-state index contributed by atoms with van der Waals surface area (Å²) in [6.07, 6.45) is 6.06. The number of amides is 1. The Morgan fingerprint density at radius 2 is 1.94 bits per heavy atom. The molecule has 0 radical (unpaired) electrons. The lowest BCUT2D eigenvalue weighted by molar-refractivity contribution is 0.1000. The summed E-state index contributed by atoms with van der Waals surface area (Å²) in [5, 5.41) is 0. The van der Waals surface area contributed by atoms with E-state index in [0.29, 0.717) is 5.56 Å². The van der Waals surface area contributed by atoms with Crippen LogP contribution in [0.25, 0.3) is 11.0 Å². The Kier molecular flexibility index (Phi) is 5.69. The molecule has 0 saturated heterocycles. The fraction of sp³-hybridized carbons (Fsp3) is 0.269. The average molecular weight is 426 g/mol. The molecule has 2 aromatic heterocycles. The first-order chi connectivity index (χ1) is 15.7. The molecule has 0 saturated carbocycles. The summed E-state index contributed by atoms with van der Waals surface area (Å²) in [5.74, 6) is 0.598. The lowest BCUT2D eigenvalue weighted by Gasteiger charge is -2.35. The standard InChI is InChI=1S/C26H27N5O/c27-26(32)20-12-10-18(11-13-20)17-31(23-9-3-5-19-6-4-15-28-25(19)23)16-14-24-29-21-7-1-2-8-22(21)30-24/h1-2,4,6-8,10-13,15,23H,3,5,9,14,16-17H2,(H2,27,32)(H,29,30). The van der Waals surface area contributed by atoms with Crippen LogP contribution in [-0.2, 0) is 19.4 Å². The molecule has 0 aliphatic heterocycles. The summed E-state index contributed by atoms with van der Waals surface area (Å²) in [7, 11) is 0. The molecule has 0 bridgehead atoms. The van der Waals surface area contributed by atoms with Crippen LogP contribution in [0, 0.1) is 0 Å². The van der Waals surface area contributed by atoms with Gasteiger partial charge in [-0.1, -0.05) is 30.3 Å². The van der Waals surface area contributed by atoms with Crippen molar-refractivity contribution in [2.75, 3.05) is 6.54 Å². The second kappa shape index (κ2) is 8.93. The number of nitrogens with zero attached hydrogens (tertiary/aromatic N) is 3. The molecule has 6 heteroatoms. The number of para-hydroxylation sites is 2. The Morgan fingerprint density at radius 1 is 1.09 bits per heavy atom. The average Bonchev–Trinajstić information content (AvgIpc) is 3.25. The molecule has 1 unspecified atom stereocenters. The number of fused-ring (bicyclic) bond motifs is 2. The first-order valence-electron chi connectivity index (χ1n) is 11.2. The summed E-state index contributed by atoms with van der Waals surface area (Å²) in [6, 6.07) is 20.2. The van der Waals surface area contributed by atoms with E-state index in [2.05, 4.69) is 22.0 Å². The third-order valence-electron chi connectivity index (χ3n) is 6.30. The molecule has 1 amide bonds. The third kappa shape index (κ3) is 4.27. The monoisotopic (exact) mass is 425 g/mol. The summed E-state index contributed by atoms with van der Waals surface area (Å²) >= 11 is 0. The lowest BCUT2D eigenvalue weighted by atomic mass is 9.90. The number of H-pyrrole nitrogens is 1. The maximum Gasteiger partial charge on any atom is 0.248 e. The van der Waals surface area contributed by atoms with Crippen molar-refractivity contribution in [1.29, 1.82) is 0 Å². The summed E-state index contributed by atoms with van der Waals surface area (Å²) in [6.45, 7) is 1.64. The second-order valence-corrected chi connectivity index (χ2v) is 8.44. The Balaban J connectivity index is 1.41. The number of aromatic nitrogens is 3. The molecular formula is C26H27N5O. The number of rotatable bonds is 7. The van der Waals surface area contributed by atoms with Crippen molar-refractivity contribution in [1.82, 2.24) is 19.9 Å². The quantitative estimate of drug-likeness (QED) is 0.465. The molecule has 6 nitrogen and oxygen atoms in total. The normalized spacial score (nSPS) is 15.7. The molecule has 0 spiro atoms. The zero-order chi connectivity index (χ0) is 21.9. The van der Waals surface area contributed by atoms with Gasteiger partial charge in [0.1, 0.15) is 5.82 Å². The van der Waals surface area contributed by atoms with Crippen LogP contribution in [0.4, 0.5) is 0 Å². The predicted molar refractivity (Wildman–Crippen MR) is 125 cm³/mol. The fourth-order valence-corrected chi connectivity index (χ4v) is 4.67. The van der Waals surface area contributed by atoms with Crippen LogP contribution in [0.15, 0.2) is 66.9 Å². The highest BCUT2D eigenvalue weighted by molar-refractivity contribution is 5.92. The number of carbonyl (C=O) groups is 1. The van der Waals surface area contributed by atoms with Crippen molar-refractivity contribution in [3.05, 3.63) is 95.1 Å². The van der Waals surface area contributed by atoms with Crippen molar-refractivity contribution in [3.8, 4) is 0 Å². The molecule has 0 fully saturated rings. The Bertz CT molecular complexity index is 1200. The van der Waals surface area contributed by atoms with E-state index in [-0.39, 0.29) is 6.04 Å². The van der Waals surface area contributed by atoms with Gasteiger partial charge in [-0.3, -0.25) is 14.7 Å². The van der Waals surface area contributed by atoms with Crippen molar-refractivity contribution in [3.63, 3.8) is 0 Å².